The van der Waals surface area contributed by atoms with Gasteiger partial charge in [-0.15, -0.1) is 0 Å². The molecule has 0 aromatic carbocycles. The summed E-state index contributed by atoms with van der Waals surface area (Å²) in [4.78, 5) is 25.5. The van der Waals surface area contributed by atoms with Crippen LogP contribution in [0.1, 0.15) is 40.0 Å². The van der Waals surface area contributed by atoms with Crippen LogP contribution >= 0.6 is 0 Å². The summed E-state index contributed by atoms with van der Waals surface area (Å²) >= 11 is 0. The number of piperazine rings is 1. The summed E-state index contributed by atoms with van der Waals surface area (Å²) in [7, 11) is 0. The number of carbonyl (C=O) groups excluding carboxylic acids is 2. The fraction of sp³-hybridized carbons (Fsp3) is 0.833. The lowest BCUT2D eigenvalue weighted by molar-refractivity contribution is -0.133. The van der Waals surface area contributed by atoms with E-state index in [1.165, 1.54) is 0 Å². The van der Waals surface area contributed by atoms with Gasteiger partial charge in [-0.1, -0.05) is 0 Å². The maximum Gasteiger partial charge on any atom is 0.411 e. The summed E-state index contributed by atoms with van der Waals surface area (Å²) < 4.78 is 5.37. The van der Waals surface area contributed by atoms with E-state index in [0.717, 1.165) is 19.3 Å². The molecule has 5 nitrogen and oxygen atoms in total. The molecule has 0 radical (unpaired) electrons. The maximum absolute atomic E-state index is 12.1. The molecule has 0 aromatic rings. The molecule has 0 unspecified atom stereocenters. The Bertz CT molecular complexity index is 335. The molecule has 2 aliphatic rings. The highest BCUT2D eigenvalue weighted by Gasteiger charge is 2.43. The lowest BCUT2D eigenvalue weighted by Crippen LogP contribution is -2.64. The van der Waals surface area contributed by atoms with Crippen molar-refractivity contribution in [1.82, 2.24) is 10.2 Å². The molecule has 2 rings (SSSR count). The Labute approximate surface area is 101 Å². The summed E-state index contributed by atoms with van der Waals surface area (Å²) in [6.45, 7) is 6.06. The fourth-order valence-electron chi connectivity index (χ4n) is 2.46. The molecule has 1 N–H and O–H groups in total. The normalized spacial score (nSPS) is 28.6. The van der Waals surface area contributed by atoms with Gasteiger partial charge in [-0.2, -0.15) is 0 Å². The summed E-state index contributed by atoms with van der Waals surface area (Å²) in [6, 6.07) is -0.237. The van der Waals surface area contributed by atoms with Crippen molar-refractivity contribution in [2.45, 2.75) is 57.7 Å². The summed E-state index contributed by atoms with van der Waals surface area (Å²) in [5, 5.41) is 2.84. The molecule has 0 aliphatic carbocycles. The minimum Gasteiger partial charge on any atom is -0.444 e. The van der Waals surface area contributed by atoms with Gasteiger partial charge in [0.2, 0.25) is 5.91 Å². The zero-order chi connectivity index (χ0) is 12.6. The number of hydrogen-bond acceptors (Lipinski definition) is 3. The SMILES string of the molecule is CC(C)(C)OC(=O)N1[C@@H]2CCC[C@H]1C(=O)NC2. The highest BCUT2D eigenvalue weighted by atomic mass is 16.6. The van der Waals surface area contributed by atoms with Crippen molar-refractivity contribution in [3.8, 4) is 0 Å². The second-order valence-electron chi connectivity index (χ2n) is 5.73. The number of amides is 2. The highest BCUT2D eigenvalue weighted by Crippen LogP contribution is 2.27. The highest BCUT2D eigenvalue weighted by molar-refractivity contribution is 5.87. The van der Waals surface area contributed by atoms with Crippen molar-refractivity contribution >= 4 is 12.0 Å². The van der Waals surface area contributed by atoms with Gasteiger partial charge in [-0.25, -0.2) is 4.79 Å². The van der Waals surface area contributed by atoms with Crippen molar-refractivity contribution in [1.29, 1.82) is 0 Å². The number of fused-ring (bicyclic) bond motifs is 2. The molecular weight excluding hydrogens is 220 g/mol. The van der Waals surface area contributed by atoms with Crippen LogP contribution in [0.5, 0.6) is 0 Å². The summed E-state index contributed by atoms with van der Waals surface area (Å²) in [6.07, 6.45) is 2.32. The van der Waals surface area contributed by atoms with Gasteiger partial charge < -0.3 is 10.1 Å². The number of carbonyl (C=O) groups is 2. The molecule has 0 aromatic heterocycles. The molecule has 0 spiro atoms. The van der Waals surface area contributed by atoms with Crippen LogP contribution in [0.4, 0.5) is 4.79 Å². The molecule has 5 heteroatoms. The van der Waals surface area contributed by atoms with Crippen LogP contribution in [0.25, 0.3) is 0 Å². The van der Waals surface area contributed by atoms with E-state index in [1.54, 1.807) is 4.90 Å². The molecule has 2 atom stereocenters. The average Bonchev–Trinajstić information content (AvgIpc) is 2.21. The monoisotopic (exact) mass is 240 g/mol. The summed E-state index contributed by atoms with van der Waals surface area (Å²) in [5.74, 6) is -0.0493. The molecule has 2 fully saturated rings. The quantitative estimate of drug-likeness (QED) is 0.693. The van der Waals surface area contributed by atoms with E-state index in [2.05, 4.69) is 5.32 Å². The first-order valence-corrected chi connectivity index (χ1v) is 6.17. The van der Waals surface area contributed by atoms with Gasteiger partial charge >= 0.3 is 6.09 Å². The predicted molar refractivity (Wildman–Crippen MR) is 62.5 cm³/mol. The Morgan fingerprint density at radius 2 is 2.12 bits per heavy atom. The van der Waals surface area contributed by atoms with Gasteiger partial charge in [0, 0.05) is 6.54 Å². The molecule has 0 saturated carbocycles. The Morgan fingerprint density at radius 1 is 1.41 bits per heavy atom. The molecule has 2 aliphatic heterocycles. The Balaban J connectivity index is 2.13. The molecule has 2 amide bonds. The number of nitrogens with one attached hydrogen (secondary N) is 1. The van der Waals surface area contributed by atoms with Crippen molar-refractivity contribution in [2.24, 2.45) is 0 Å². The molecule has 2 bridgehead atoms. The van der Waals surface area contributed by atoms with Crippen molar-refractivity contribution < 1.29 is 14.3 Å². The number of hydrogen-bond donors (Lipinski definition) is 1. The largest absolute Gasteiger partial charge is 0.444 e. The van der Waals surface area contributed by atoms with Crippen molar-refractivity contribution in [3.05, 3.63) is 0 Å². The van der Waals surface area contributed by atoms with Crippen LogP contribution < -0.4 is 5.32 Å². The first kappa shape index (κ1) is 12.2. The number of ether oxygens (including phenoxy) is 1. The Morgan fingerprint density at radius 3 is 2.76 bits per heavy atom. The van der Waals surface area contributed by atoms with E-state index < -0.39 is 5.60 Å². The van der Waals surface area contributed by atoms with Crippen molar-refractivity contribution in [2.75, 3.05) is 6.54 Å². The molecule has 2 saturated heterocycles. The number of nitrogens with zero attached hydrogens (tertiary/aromatic N) is 1. The van der Waals surface area contributed by atoms with E-state index in [9.17, 15) is 9.59 Å². The van der Waals surface area contributed by atoms with E-state index >= 15 is 0 Å². The van der Waals surface area contributed by atoms with Gasteiger partial charge in [0.05, 0.1) is 6.04 Å². The molecule has 2 heterocycles. The van der Waals surface area contributed by atoms with Gasteiger partial charge in [0.1, 0.15) is 11.6 Å². The second kappa shape index (κ2) is 4.20. The van der Waals surface area contributed by atoms with Crippen LogP contribution in [0, 0.1) is 0 Å². The third-order valence-corrected chi connectivity index (χ3v) is 3.16. The zero-order valence-electron chi connectivity index (χ0n) is 10.7. The molecular formula is C12H20N2O3. The van der Waals surface area contributed by atoms with Crippen LogP contribution in [0.2, 0.25) is 0 Å². The first-order chi connectivity index (χ1) is 7.88. The van der Waals surface area contributed by atoms with Gasteiger partial charge in [0.25, 0.3) is 0 Å². The van der Waals surface area contributed by atoms with E-state index in [1.807, 2.05) is 20.8 Å². The van der Waals surface area contributed by atoms with Crippen molar-refractivity contribution in [3.63, 3.8) is 0 Å². The molecule has 96 valence electrons. The van der Waals surface area contributed by atoms with Crippen LogP contribution in [-0.2, 0) is 9.53 Å². The molecule has 17 heavy (non-hydrogen) atoms. The number of piperidine rings is 1. The third kappa shape index (κ3) is 2.53. The van der Waals surface area contributed by atoms with E-state index in [4.69, 9.17) is 4.74 Å². The van der Waals surface area contributed by atoms with Crippen LogP contribution in [0.15, 0.2) is 0 Å². The lowest BCUT2D eigenvalue weighted by atomic mass is 9.92. The minimum absolute atomic E-state index is 0.0493. The predicted octanol–water partition coefficient (Wildman–Crippen LogP) is 1.27. The maximum atomic E-state index is 12.1. The van der Waals surface area contributed by atoms with E-state index in [-0.39, 0.29) is 24.1 Å². The number of rotatable bonds is 0. The first-order valence-electron chi connectivity index (χ1n) is 6.17. The third-order valence-electron chi connectivity index (χ3n) is 3.16. The Kier molecular flexibility index (Phi) is 3.02. The summed E-state index contributed by atoms with van der Waals surface area (Å²) in [5.41, 5.74) is -0.515. The Hall–Kier alpha value is -1.26. The van der Waals surface area contributed by atoms with Crippen LogP contribution in [-0.4, -0.2) is 41.1 Å². The topological polar surface area (TPSA) is 58.6 Å². The van der Waals surface area contributed by atoms with Crippen LogP contribution in [0.3, 0.4) is 0 Å². The van der Waals surface area contributed by atoms with Gasteiger partial charge in [-0.05, 0) is 40.0 Å². The minimum atomic E-state index is -0.515. The van der Waals surface area contributed by atoms with Gasteiger partial charge in [0.15, 0.2) is 0 Å². The van der Waals surface area contributed by atoms with E-state index in [0.29, 0.717) is 6.54 Å². The standard InChI is InChI=1S/C12H20N2O3/c1-12(2,3)17-11(16)14-8-5-4-6-9(14)10(15)13-7-8/h8-9H,4-7H2,1-3H3,(H,13,15)/t8-,9+/m1/s1. The average molecular weight is 240 g/mol. The lowest BCUT2D eigenvalue weighted by Gasteiger charge is -2.45. The van der Waals surface area contributed by atoms with Gasteiger partial charge in [-0.3, -0.25) is 9.69 Å². The smallest absolute Gasteiger partial charge is 0.411 e. The fourth-order valence-corrected chi connectivity index (χ4v) is 2.46. The zero-order valence-corrected chi connectivity index (χ0v) is 10.7. The second-order valence-corrected chi connectivity index (χ2v) is 5.73.